The Balaban J connectivity index is 0.000000101. The van der Waals surface area contributed by atoms with Crippen molar-refractivity contribution in [2.45, 2.75) is 0 Å². The van der Waals surface area contributed by atoms with E-state index in [4.69, 9.17) is 0 Å². The Morgan fingerprint density at radius 1 is 0.125 bits per heavy atom. The molecule has 0 saturated carbocycles. The number of rotatable bonds is 12. The minimum atomic E-state index is 1.11. The highest BCUT2D eigenvalue weighted by atomic mass is 15.2. The minimum absolute atomic E-state index is 1.11. The average Bonchev–Trinajstić information content (AvgIpc) is 1.53. The molecule has 8 heteroatoms. The van der Waals surface area contributed by atoms with Crippen molar-refractivity contribution >= 4 is 225 Å². The van der Waals surface area contributed by atoms with E-state index in [0.29, 0.717) is 0 Å². The Morgan fingerprint density at radius 3 is 0.799 bits per heavy atom. The number of anilines is 6. The van der Waals surface area contributed by atoms with Crippen LogP contribution in [0.1, 0.15) is 0 Å². The third-order valence-electron chi connectivity index (χ3n) is 30.5. The van der Waals surface area contributed by atoms with Crippen LogP contribution in [0, 0.1) is 0 Å². The van der Waals surface area contributed by atoms with Gasteiger partial charge in [-0.3, -0.25) is 0 Å². The third kappa shape index (κ3) is 12.2. The number of fused-ring (bicyclic) bond motifs is 19. The number of aromatic nitrogens is 6. The van der Waals surface area contributed by atoms with E-state index >= 15 is 0 Å². The van der Waals surface area contributed by atoms with Crippen molar-refractivity contribution in [2.24, 2.45) is 0 Å². The minimum Gasteiger partial charge on any atom is -0.311 e. The highest BCUT2D eigenvalue weighted by molar-refractivity contribution is 6.37. The molecule has 0 radical (unpaired) electrons. The van der Waals surface area contributed by atoms with E-state index in [0.717, 1.165) is 45.5 Å². The molecule has 0 unspecified atom stereocenters. The highest BCUT2D eigenvalue weighted by Crippen LogP contribution is 2.52. The molecule has 0 atom stereocenters. The van der Waals surface area contributed by atoms with Crippen LogP contribution < -0.4 is 9.80 Å². The molecular formula is C136H86N8. The molecule has 23 aromatic carbocycles. The molecule has 0 saturated heterocycles. The maximum Gasteiger partial charge on any atom is 0.0641 e. The molecule has 0 amide bonds. The van der Waals surface area contributed by atoms with Gasteiger partial charge in [-0.15, -0.1) is 0 Å². The summed E-state index contributed by atoms with van der Waals surface area (Å²) < 4.78 is 14.9. The lowest BCUT2D eigenvalue weighted by molar-refractivity contribution is 1.17. The van der Waals surface area contributed by atoms with Crippen molar-refractivity contribution in [2.75, 3.05) is 9.80 Å². The van der Waals surface area contributed by atoms with Crippen LogP contribution in [0.5, 0.6) is 0 Å². The number of nitrogens with zero attached hydrogens (tertiary/aromatic N) is 8. The molecule has 32 aromatic rings. The Morgan fingerprint density at radius 2 is 0.382 bits per heavy atom. The standard InChI is InChI=1S/C48H31N3.C46H29N3.C42H26N2/c1-3-12-32(13-4-1)33-22-24-35(25-23-33)49(34-14-5-2-6-15-34)36-26-28-37(29-27-36)50-44-21-11-18-40-38-16-7-9-19-42(38)51-43-20-10-8-17-39(43)41-30-31-45(50)47(46(40)44)48(41)51;1-2-14-32(15-3-1)47(35-25-24-30-12-4-5-13-31(30)28-35)33-16-10-17-34(29-33)48-42-23-11-20-38-36-18-6-8-21-40(36)49-41-22-9-7-19-37(41)39-26-27-43(48)45(44(38)42)46(39)49;1-2-10-27(11-3-1)28-20-22-29(23-21-28)30-12-8-13-31(26-30)43-38-19-9-16-34-32-14-4-6-17-36(32)44-37-18-7-5-15-33(37)35-24-25-39(43)41(40(34)38)42(35)44/h1-31H;1-29H;1-26H. The van der Waals surface area contributed by atoms with Gasteiger partial charge in [0.25, 0.3) is 0 Å². The van der Waals surface area contributed by atoms with E-state index in [1.807, 2.05) is 0 Å². The SMILES string of the molecule is c1ccc(-c2ccc(-c3cccc(-n4c5cccc6c7ccccc7n7c8ccccc8c8ccc4c(c65)c87)c3)cc2)cc1.c1ccc(-c2ccc(N(c3ccccc3)c3ccc(-n4c5cccc6c7ccccc7n7c8ccccc8c8ccc4c(c65)c87)cc3)cc2)cc1.c1ccc(N(c2cccc(-n3c4cccc5c6ccccc6n6c7ccccc7c7ccc3c(c54)c76)c2)c2ccc3ccccc3c2)cc1. The van der Waals surface area contributed by atoms with Gasteiger partial charge in [0, 0.05) is 132 Å². The molecule has 670 valence electrons. The molecule has 0 fully saturated rings. The summed E-state index contributed by atoms with van der Waals surface area (Å²) in [5.74, 6) is 0. The first kappa shape index (κ1) is 80.8. The van der Waals surface area contributed by atoms with Crippen molar-refractivity contribution in [3.63, 3.8) is 0 Å². The molecule has 0 N–H and O–H groups in total. The summed E-state index contributed by atoms with van der Waals surface area (Å²) in [5, 5.41) is 25.7. The zero-order chi connectivity index (χ0) is 94.3. The average molecular weight is 1830 g/mol. The maximum absolute atomic E-state index is 2.50. The molecule has 0 bridgehead atoms. The van der Waals surface area contributed by atoms with E-state index in [1.165, 1.54) is 230 Å². The Bertz CT molecular complexity index is 10700. The highest BCUT2D eigenvalue weighted by Gasteiger charge is 2.30. The molecular weight excluding hydrogens is 1750 g/mol. The van der Waals surface area contributed by atoms with Crippen LogP contribution in [0.25, 0.3) is 241 Å². The van der Waals surface area contributed by atoms with Crippen molar-refractivity contribution in [1.82, 2.24) is 26.9 Å². The van der Waals surface area contributed by atoms with Gasteiger partial charge in [-0.25, -0.2) is 0 Å². The normalized spacial score (nSPS) is 12.0. The van der Waals surface area contributed by atoms with Crippen LogP contribution >= 0.6 is 0 Å². The summed E-state index contributed by atoms with van der Waals surface area (Å²) in [6, 6.07) is 190. The first-order chi connectivity index (χ1) is 71.5. The third-order valence-corrected chi connectivity index (χ3v) is 30.5. The van der Waals surface area contributed by atoms with Crippen LogP contribution in [-0.4, -0.2) is 26.9 Å². The van der Waals surface area contributed by atoms with E-state index in [1.54, 1.807) is 0 Å². The van der Waals surface area contributed by atoms with Crippen LogP contribution in [-0.2, 0) is 0 Å². The fourth-order valence-electron chi connectivity index (χ4n) is 24.4. The lowest BCUT2D eigenvalue weighted by Crippen LogP contribution is -2.10. The van der Waals surface area contributed by atoms with Crippen molar-refractivity contribution in [1.29, 1.82) is 0 Å². The van der Waals surface area contributed by atoms with Gasteiger partial charge >= 0.3 is 0 Å². The van der Waals surface area contributed by atoms with Gasteiger partial charge in [0.15, 0.2) is 0 Å². The zero-order valence-electron chi connectivity index (χ0n) is 78.2. The lowest BCUT2D eigenvalue weighted by Gasteiger charge is -2.26. The predicted octanol–water partition coefficient (Wildman–Crippen LogP) is 36.9. The van der Waals surface area contributed by atoms with Crippen LogP contribution in [0.3, 0.4) is 0 Å². The van der Waals surface area contributed by atoms with Crippen molar-refractivity contribution in [3.05, 3.63) is 522 Å². The lowest BCUT2D eigenvalue weighted by atomic mass is 10.00. The molecule has 32 rings (SSSR count). The van der Waals surface area contributed by atoms with E-state index in [2.05, 4.69) is 558 Å². The molecule has 8 nitrogen and oxygen atoms in total. The van der Waals surface area contributed by atoms with Gasteiger partial charge in [0.05, 0.1) is 82.8 Å². The summed E-state index contributed by atoms with van der Waals surface area (Å²) in [6.07, 6.45) is 0. The maximum atomic E-state index is 2.50. The van der Waals surface area contributed by atoms with E-state index in [-0.39, 0.29) is 0 Å². The fourth-order valence-corrected chi connectivity index (χ4v) is 24.4. The zero-order valence-corrected chi connectivity index (χ0v) is 78.2. The topological polar surface area (TPSA) is 34.5 Å². The number of para-hydroxylation sites is 8. The summed E-state index contributed by atoms with van der Waals surface area (Å²) in [4.78, 5) is 4.70. The van der Waals surface area contributed by atoms with Gasteiger partial charge in [0.2, 0.25) is 0 Å². The molecule has 144 heavy (non-hydrogen) atoms. The summed E-state index contributed by atoms with van der Waals surface area (Å²) in [6.45, 7) is 0. The Hall–Kier alpha value is -19.3. The molecule has 0 aliphatic rings. The first-order valence-corrected chi connectivity index (χ1v) is 49.6. The fraction of sp³-hybridized carbons (Fsp3) is 0. The van der Waals surface area contributed by atoms with Crippen molar-refractivity contribution in [3.8, 4) is 50.4 Å². The number of benzene rings is 23. The molecule has 0 aliphatic carbocycles. The van der Waals surface area contributed by atoms with Gasteiger partial charge in [-0.2, -0.15) is 0 Å². The van der Waals surface area contributed by atoms with E-state index < -0.39 is 0 Å². The number of hydrogen-bond donors (Lipinski definition) is 0. The van der Waals surface area contributed by atoms with Crippen LogP contribution in [0.4, 0.5) is 34.1 Å². The molecule has 9 aromatic heterocycles. The summed E-state index contributed by atoms with van der Waals surface area (Å²) in [7, 11) is 0. The largest absolute Gasteiger partial charge is 0.311 e. The van der Waals surface area contributed by atoms with Gasteiger partial charge in [-0.05, 0) is 236 Å². The Labute approximate surface area is 827 Å². The van der Waals surface area contributed by atoms with Crippen molar-refractivity contribution < 1.29 is 0 Å². The molecule has 9 heterocycles. The monoisotopic (exact) mass is 1830 g/mol. The first-order valence-electron chi connectivity index (χ1n) is 49.6. The number of hydrogen-bond acceptors (Lipinski definition) is 2. The van der Waals surface area contributed by atoms with Gasteiger partial charge < -0.3 is 36.7 Å². The predicted molar refractivity (Wildman–Crippen MR) is 610 cm³/mol. The van der Waals surface area contributed by atoms with Crippen LogP contribution in [0.2, 0.25) is 0 Å². The second-order valence-electron chi connectivity index (χ2n) is 38.1. The van der Waals surface area contributed by atoms with Gasteiger partial charge in [-0.1, -0.05) is 346 Å². The Kier molecular flexibility index (Phi) is 18.0. The molecule has 0 spiro atoms. The molecule has 0 aliphatic heterocycles. The second-order valence-corrected chi connectivity index (χ2v) is 38.1. The smallest absolute Gasteiger partial charge is 0.0641 e. The quantitative estimate of drug-likeness (QED) is 0.122. The second kappa shape index (κ2) is 32.2. The van der Waals surface area contributed by atoms with Gasteiger partial charge in [0.1, 0.15) is 0 Å². The summed E-state index contributed by atoms with van der Waals surface area (Å²) in [5.41, 5.74) is 36.0. The summed E-state index contributed by atoms with van der Waals surface area (Å²) >= 11 is 0. The van der Waals surface area contributed by atoms with Crippen LogP contribution in [0.15, 0.2) is 522 Å². The van der Waals surface area contributed by atoms with E-state index in [9.17, 15) is 0 Å².